The minimum absolute atomic E-state index is 0.164. The average molecular weight is 380 g/mol. The molecule has 2 aliphatic heterocycles. The molecule has 4 rings (SSSR count). The quantitative estimate of drug-likeness (QED) is 0.883. The van der Waals surface area contributed by atoms with Crippen LogP contribution in [0.2, 0.25) is 0 Å². The van der Waals surface area contributed by atoms with Crippen molar-refractivity contribution in [3.05, 3.63) is 36.0 Å². The number of nitrogens with one attached hydrogen (secondary N) is 1. The first-order valence-corrected chi connectivity index (χ1v) is 10.2. The number of hydrogen-bond donors (Lipinski definition) is 1. The zero-order valence-corrected chi connectivity index (χ0v) is 16.9. The van der Waals surface area contributed by atoms with Gasteiger partial charge in [-0.1, -0.05) is 0 Å². The molecule has 1 aromatic carbocycles. The lowest BCUT2D eigenvalue weighted by Crippen LogP contribution is -2.59. The summed E-state index contributed by atoms with van der Waals surface area (Å²) in [6, 6.07) is 11.2. The lowest BCUT2D eigenvalue weighted by atomic mass is 10.0. The predicted octanol–water partition coefficient (Wildman–Crippen LogP) is 2.38. The Labute approximate surface area is 167 Å². The van der Waals surface area contributed by atoms with Crippen molar-refractivity contribution >= 4 is 16.6 Å². The standard InChI is InChI=1S/C22H29N5O/c1-15-12-27(14-19(28-15)13-26-10-9-24-16(2)17(26)3)21-7-6-18(11-23)22-20(21)5-4-8-25-22/h4-8,15-17,19,24H,9-10,12-14H2,1-3H3/t15-,16?,17?,19+/m1/s1. The van der Waals surface area contributed by atoms with Crippen LogP contribution in [-0.2, 0) is 4.74 Å². The number of nitrogens with zero attached hydrogens (tertiary/aromatic N) is 4. The molecule has 1 N–H and O–H groups in total. The van der Waals surface area contributed by atoms with Crippen LogP contribution in [0.25, 0.3) is 10.9 Å². The summed E-state index contributed by atoms with van der Waals surface area (Å²) in [5.41, 5.74) is 2.55. The molecular weight excluding hydrogens is 350 g/mol. The monoisotopic (exact) mass is 379 g/mol. The highest BCUT2D eigenvalue weighted by Crippen LogP contribution is 2.30. The summed E-state index contributed by atoms with van der Waals surface area (Å²) in [4.78, 5) is 9.41. The van der Waals surface area contributed by atoms with E-state index in [0.717, 1.165) is 49.3 Å². The fourth-order valence-corrected chi connectivity index (χ4v) is 4.51. The molecule has 0 spiro atoms. The highest BCUT2D eigenvalue weighted by Gasteiger charge is 2.31. The fraction of sp³-hybridized carbons (Fsp3) is 0.545. The molecule has 4 atom stereocenters. The molecule has 0 saturated carbocycles. The number of morpholine rings is 1. The van der Waals surface area contributed by atoms with Gasteiger partial charge >= 0.3 is 0 Å². The summed E-state index contributed by atoms with van der Waals surface area (Å²) in [5.74, 6) is 0. The largest absolute Gasteiger partial charge is 0.370 e. The topological polar surface area (TPSA) is 64.4 Å². The SMILES string of the molecule is CC1NCCN(C[C@H]2CN(c3ccc(C#N)c4ncccc34)C[C@@H](C)O2)C1C. The number of nitriles is 1. The van der Waals surface area contributed by atoms with Gasteiger partial charge in [0.25, 0.3) is 0 Å². The van der Waals surface area contributed by atoms with Crippen molar-refractivity contribution < 1.29 is 4.74 Å². The zero-order valence-electron chi connectivity index (χ0n) is 16.9. The molecule has 28 heavy (non-hydrogen) atoms. The number of piperazine rings is 1. The fourth-order valence-electron chi connectivity index (χ4n) is 4.51. The number of hydrogen-bond acceptors (Lipinski definition) is 6. The van der Waals surface area contributed by atoms with E-state index in [0.29, 0.717) is 17.6 Å². The van der Waals surface area contributed by atoms with Crippen molar-refractivity contribution in [2.45, 2.75) is 45.1 Å². The number of anilines is 1. The Hall–Kier alpha value is -2.20. The summed E-state index contributed by atoms with van der Waals surface area (Å²) in [6.45, 7) is 11.4. The first-order valence-electron chi connectivity index (χ1n) is 10.2. The van der Waals surface area contributed by atoms with E-state index in [1.165, 1.54) is 0 Å². The Kier molecular flexibility index (Phi) is 5.49. The average Bonchev–Trinajstić information content (AvgIpc) is 2.70. The van der Waals surface area contributed by atoms with Gasteiger partial charge in [0.15, 0.2) is 0 Å². The number of pyridine rings is 1. The molecular formula is C22H29N5O. The summed E-state index contributed by atoms with van der Waals surface area (Å²) < 4.78 is 6.31. The second kappa shape index (κ2) is 8.04. The van der Waals surface area contributed by atoms with Crippen molar-refractivity contribution in [2.24, 2.45) is 0 Å². The maximum absolute atomic E-state index is 9.42. The minimum Gasteiger partial charge on any atom is -0.370 e. The first kappa shape index (κ1) is 19.1. The van der Waals surface area contributed by atoms with Crippen molar-refractivity contribution in [3.63, 3.8) is 0 Å². The van der Waals surface area contributed by atoms with E-state index in [9.17, 15) is 5.26 Å². The van der Waals surface area contributed by atoms with Crippen LogP contribution in [0.15, 0.2) is 30.5 Å². The highest BCUT2D eigenvalue weighted by atomic mass is 16.5. The van der Waals surface area contributed by atoms with Crippen molar-refractivity contribution in [1.82, 2.24) is 15.2 Å². The Balaban J connectivity index is 1.57. The van der Waals surface area contributed by atoms with Gasteiger partial charge in [0, 0.05) is 62.1 Å². The second-order valence-corrected chi connectivity index (χ2v) is 8.10. The van der Waals surface area contributed by atoms with Crippen LogP contribution in [0.4, 0.5) is 5.69 Å². The van der Waals surface area contributed by atoms with Crippen LogP contribution in [0.3, 0.4) is 0 Å². The zero-order chi connectivity index (χ0) is 19.7. The molecule has 0 radical (unpaired) electrons. The van der Waals surface area contributed by atoms with Crippen molar-refractivity contribution in [1.29, 1.82) is 5.26 Å². The molecule has 6 heteroatoms. The van der Waals surface area contributed by atoms with E-state index in [1.807, 2.05) is 12.1 Å². The smallest absolute Gasteiger partial charge is 0.101 e. The summed E-state index contributed by atoms with van der Waals surface area (Å²) >= 11 is 0. The highest BCUT2D eigenvalue weighted by molar-refractivity contribution is 5.95. The van der Waals surface area contributed by atoms with Crippen LogP contribution in [0, 0.1) is 11.3 Å². The molecule has 2 unspecified atom stereocenters. The van der Waals surface area contributed by atoms with Crippen LogP contribution in [-0.4, -0.2) is 66.9 Å². The Morgan fingerprint density at radius 3 is 2.93 bits per heavy atom. The number of rotatable bonds is 3. The molecule has 148 valence electrons. The van der Waals surface area contributed by atoms with Gasteiger partial charge in [0.2, 0.25) is 0 Å². The summed E-state index contributed by atoms with van der Waals surface area (Å²) in [7, 11) is 0. The maximum Gasteiger partial charge on any atom is 0.101 e. The predicted molar refractivity (Wildman–Crippen MR) is 112 cm³/mol. The minimum atomic E-state index is 0.164. The molecule has 0 amide bonds. The van der Waals surface area contributed by atoms with Crippen LogP contribution in [0.1, 0.15) is 26.3 Å². The molecule has 3 heterocycles. The van der Waals surface area contributed by atoms with Crippen molar-refractivity contribution in [3.8, 4) is 6.07 Å². The number of ether oxygens (including phenoxy) is 1. The van der Waals surface area contributed by atoms with Gasteiger partial charge in [-0.3, -0.25) is 9.88 Å². The molecule has 2 aromatic rings. The maximum atomic E-state index is 9.42. The third-order valence-electron chi connectivity index (χ3n) is 6.14. The Morgan fingerprint density at radius 2 is 2.11 bits per heavy atom. The van der Waals surface area contributed by atoms with E-state index in [4.69, 9.17) is 4.74 Å². The lowest BCUT2D eigenvalue weighted by Gasteiger charge is -2.44. The van der Waals surface area contributed by atoms with Crippen LogP contribution in [0.5, 0.6) is 0 Å². The van der Waals surface area contributed by atoms with E-state index in [1.54, 1.807) is 6.20 Å². The number of aromatic nitrogens is 1. The second-order valence-electron chi connectivity index (χ2n) is 8.10. The number of fused-ring (bicyclic) bond motifs is 1. The Morgan fingerprint density at radius 1 is 1.25 bits per heavy atom. The van der Waals surface area contributed by atoms with E-state index in [2.05, 4.69) is 59.1 Å². The molecule has 0 bridgehead atoms. The van der Waals surface area contributed by atoms with Gasteiger partial charge in [-0.2, -0.15) is 5.26 Å². The van der Waals surface area contributed by atoms with Gasteiger partial charge < -0.3 is 15.0 Å². The number of benzene rings is 1. The van der Waals surface area contributed by atoms with Gasteiger partial charge in [-0.15, -0.1) is 0 Å². The molecule has 6 nitrogen and oxygen atoms in total. The van der Waals surface area contributed by atoms with E-state index < -0.39 is 0 Å². The molecule has 1 aromatic heterocycles. The third kappa shape index (κ3) is 3.70. The molecule has 2 fully saturated rings. The van der Waals surface area contributed by atoms with E-state index >= 15 is 0 Å². The van der Waals surface area contributed by atoms with Crippen LogP contribution >= 0.6 is 0 Å². The molecule has 2 saturated heterocycles. The summed E-state index contributed by atoms with van der Waals surface area (Å²) in [5, 5.41) is 14.0. The van der Waals surface area contributed by atoms with Gasteiger partial charge in [0.05, 0.1) is 23.3 Å². The van der Waals surface area contributed by atoms with Crippen molar-refractivity contribution in [2.75, 3.05) is 37.6 Å². The third-order valence-corrected chi connectivity index (χ3v) is 6.14. The molecule has 0 aliphatic carbocycles. The van der Waals surface area contributed by atoms with Gasteiger partial charge in [-0.05, 0) is 45.0 Å². The lowest BCUT2D eigenvalue weighted by molar-refractivity contribution is -0.0422. The summed E-state index contributed by atoms with van der Waals surface area (Å²) in [6.07, 6.45) is 2.08. The van der Waals surface area contributed by atoms with Gasteiger partial charge in [0.1, 0.15) is 6.07 Å². The van der Waals surface area contributed by atoms with Gasteiger partial charge in [-0.25, -0.2) is 0 Å². The normalized spacial score (nSPS) is 29.0. The van der Waals surface area contributed by atoms with E-state index in [-0.39, 0.29) is 12.2 Å². The first-order chi connectivity index (χ1) is 13.6. The van der Waals surface area contributed by atoms with Crippen LogP contribution < -0.4 is 10.2 Å². The Bertz CT molecular complexity index is 879. The molecule has 2 aliphatic rings.